The molecule has 0 bridgehead atoms. The Morgan fingerprint density at radius 3 is 2.69 bits per heavy atom. The molecule has 0 radical (unpaired) electrons. The second-order valence-electron chi connectivity index (χ2n) is 5.92. The van der Waals surface area contributed by atoms with E-state index in [0.717, 1.165) is 18.2 Å². The summed E-state index contributed by atoms with van der Waals surface area (Å²) in [6.07, 6.45) is -3.21. The number of alkyl halides is 3. The van der Waals surface area contributed by atoms with Crippen LogP contribution in [0.1, 0.15) is 23.1 Å². The number of benzene rings is 1. The molecule has 0 atom stereocenters. The number of carboxylic acids is 1. The number of aromatic nitrogens is 3. The Kier molecular flexibility index (Phi) is 5.39. The van der Waals surface area contributed by atoms with Crippen LogP contribution in [0.25, 0.3) is 10.9 Å². The number of carbonyl (C=O) groups is 2. The standard InChI is InChI=1S/C18H15F3N4O4/c1-2-29-14-7-12-10(8-25(24-12)9-16(26)27)6-13(14)23-17(28)11-4-3-5-15(22-11)18(19,20)21/h3-8H,2,9H2,1H3,(H,23,28)(H,26,27). The highest BCUT2D eigenvalue weighted by atomic mass is 19.4. The number of hydrogen-bond acceptors (Lipinski definition) is 5. The zero-order valence-electron chi connectivity index (χ0n) is 15.0. The van der Waals surface area contributed by atoms with Gasteiger partial charge in [0.1, 0.15) is 23.7 Å². The van der Waals surface area contributed by atoms with Gasteiger partial charge in [-0.25, -0.2) is 4.98 Å². The fraction of sp³-hybridized carbons (Fsp3) is 0.222. The maximum Gasteiger partial charge on any atom is 0.433 e. The Balaban J connectivity index is 1.94. The molecule has 0 aliphatic rings. The monoisotopic (exact) mass is 408 g/mol. The highest BCUT2D eigenvalue weighted by Crippen LogP contribution is 2.31. The summed E-state index contributed by atoms with van der Waals surface area (Å²) in [6, 6.07) is 6.02. The first kappa shape index (κ1) is 20.1. The number of anilines is 1. The van der Waals surface area contributed by atoms with E-state index in [4.69, 9.17) is 9.84 Å². The van der Waals surface area contributed by atoms with E-state index >= 15 is 0 Å². The van der Waals surface area contributed by atoms with Gasteiger partial charge in [-0.2, -0.15) is 18.3 Å². The SMILES string of the molecule is CCOc1cc2nn(CC(=O)O)cc2cc1NC(=O)c1cccc(C(F)(F)F)n1. The molecule has 0 aliphatic heterocycles. The molecule has 0 spiro atoms. The van der Waals surface area contributed by atoms with Gasteiger partial charge in [-0.3, -0.25) is 14.3 Å². The smallest absolute Gasteiger partial charge is 0.433 e. The molecule has 8 nitrogen and oxygen atoms in total. The van der Waals surface area contributed by atoms with Crippen molar-refractivity contribution in [2.75, 3.05) is 11.9 Å². The van der Waals surface area contributed by atoms with E-state index in [-0.39, 0.29) is 24.6 Å². The van der Waals surface area contributed by atoms with E-state index < -0.39 is 29.4 Å². The summed E-state index contributed by atoms with van der Waals surface area (Å²) in [7, 11) is 0. The lowest BCUT2D eigenvalue weighted by atomic mass is 10.2. The van der Waals surface area contributed by atoms with Crippen LogP contribution in [-0.2, 0) is 17.5 Å². The molecule has 1 amide bonds. The molecule has 1 aromatic carbocycles. The fourth-order valence-electron chi connectivity index (χ4n) is 2.60. The van der Waals surface area contributed by atoms with E-state index in [1.54, 1.807) is 6.92 Å². The van der Waals surface area contributed by atoms with Crippen LogP contribution in [0.5, 0.6) is 5.75 Å². The Morgan fingerprint density at radius 2 is 2.03 bits per heavy atom. The van der Waals surface area contributed by atoms with Crippen LogP contribution in [0, 0.1) is 0 Å². The van der Waals surface area contributed by atoms with Crippen molar-refractivity contribution < 1.29 is 32.6 Å². The number of halogens is 3. The van der Waals surface area contributed by atoms with Gasteiger partial charge < -0.3 is 15.2 Å². The second kappa shape index (κ2) is 7.78. The van der Waals surface area contributed by atoms with Gasteiger partial charge in [0.15, 0.2) is 0 Å². The average molecular weight is 408 g/mol. The Hall–Kier alpha value is -3.63. The van der Waals surface area contributed by atoms with Crippen molar-refractivity contribution in [2.24, 2.45) is 0 Å². The predicted molar refractivity (Wildman–Crippen MR) is 95.7 cm³/mol. The normalized spacial score (nSPS) is 11.4. The van der Waals surface area contributed by atoms with Gasteiger partial charge in [0.05, 0.1) is 17.8 Å². The third-order valence-electron chi connectivity index (χ3n) is 3.77. The Morgan fingerprint density at radius 1 is 1.28 bits per heavy atom. The number of ether oxygens (including phenoxy) is 1. The minimum absolute atomic E-state index is 0.193. The number of hydrogen-bond donors (Lipinski definition) is 2. The molecular weight excluding hydrogens is 393 g/mol. The summed E-state index contributed by atoms with van der Waals surface area (Å²) in [4.78, 5) is 26.6. The highest BCUT2D eigenvalue weighted by Gasteiger charge is 2.33. The first-order chi connectivity index (χ1) is 13.7. The molecule has 0 unspecified atom stereocenters. The molecule has 0 saturated heterocycles. The van der Waals surface area contributed by atoms with Gasteiger partial charge in [0.25, 0.3) is 5.91 Å². The number of fused-ring (bicyclic) bond motifs is 1. The molecule has 2 heterocycles. The number of nitrogens with one attached hydrogen (secondary N) is 1. The third-order valence-corrected chi connectivity index (χ3v) is 3.77. The Bertz CT molecular complexity index is 1080. The summed E-state index contributed by atoms with van der Waals surface area (Å²) in [5.74, 6) is -1.69. The second-order valence-corrected chi connectivity index (χ2v) is 5.92. The number of pyridine rings is 1. The number of amides is 1. The first-order valence-corrected chi connectivity index (χ1v) is 8.38. The van der Waals surface area contributed by atoms with Crippen LogP contribution in [0.4, 0.5) is 18.9 Å². The minimum atomic E-state index is -4.68. The Labute approximate surface area is 161 Å². The van der Waals surface area contributed by atoms with Crippen molar-refractivity contribution in [3.05, 3.63) is 47.9 Å². The van der Waals surface area contributed by atoms with Crippen LogP contribution in [0.15, 0.2) is 36.5 Å². The third kappa shape index (κ3) is 4.62. The van der Waals surface area contributed by atoms with Crippen molar-refractivity contribution in [1.82, 2.24) is 14.8 Å². The maximum absolute atomic E-state index is 12.8. The minimum Gasteiger partial charge on any atom is -0.492 e. The van der Waals surface area contributed by atoms with Gasteiger partial charge in [-0.15, -0.1) is 0 Å². The molecule has 11 heteroatoms. The summed E-state index contributed by atoms with van der Waals surface area (Å²) in [6.45, 7) is 1.62. The number of aliphatic carboxylic acids is 1. The summed E-state index contributed by atoms with van der Waals surface area (Å²) in [5, 5.41) is 16.0. The average Bonchev–Trinajstić information content (AvgIpc) is 3.01. The molecule has 152 valence electrons. The van der Waals surface area contributed by atoms with Gasteiger partial charge in [0.2, 0.25) is 0 Å². The van der Waals surface area contributed by atoms with E-state index in [2.05, 4.69) is 15.4 Å². The van der Waals surface area contributed by atoms with E-state index in [9.17, 15) is 22.8 Å². The summed E-state index contributed by atoms with van der Waals surface area (Å²) < 4.78 is 45.2. The molecule has 3 rings (SSSR count). The van der Waals surface area contributed by atoms with Crippen LogP contribution in [0.2, 0.25) is 0 Å². The maximum atomic E-state index is 12.8. The topological polar surface area (TPSA) is 106 Å². The van der Waals surface area contributed by atoms with E-state index in [1.165, 1.54) is 23.0 Å². The van der Waals surface area contributed by atoms with Crippen molar-refractivity contribution in [3.8, 4) is 5.75 Å². The zero-order chi connectivity index (χ0) is 21.2. The summed E-state index contributed by atoms with van der Waals surface area (Å²) >= 11 is 0. The van der Waals surface area contributed by atoms with Gasteiger partial charge in [-0.05, 0) is 25.1 Å². The van der Waals surface area contributed by atoms with E-state index in [0.29, 0.717) is 10.9 Å². The molecule has 0 aliphatic carbocycles. The number of carboxylic acid groups (broad SMARTS) is 1. The number of carbonyl (C=O) groups excluding carboxylic acids is 1. The fourth-order valence-corrected chi connectivity index (χ4v) is 2.60. The number of nitrogens with zero attached hydrogens (tertiary/aromatic N) is 3. The van der Waals surface area contributed by atoms with E-state index in [1.807, 2.05) is 0 Å². The van der Waals surface area contributed by atoms with Crippen molar-refractivity contribution in [1.29, 1.82) is 0 Å². The van der Waals surface area contributed by atoms with Crippen molar-refractivity contribution in [2.45, 2.75) is 19.6 Å². The van der Waals surface area contributed by atoms with Crippen LogP contribution < -0.4 is 10.1 Å². The molecular formula is C18H15F3N4O4. The predicted octanol–water partition coefficient (Wildman–Crippen LogP) is 3.19. The summed E-state index contributed by atoms with van der Waals surface area (Å²) in [5.41, 5.74) is -0.965. The van der Waals surface area contributed by atoms with Gasteiger partial charge >= 0.3 is 12.1 Å². The van der Waals surface area contributed by atoms with Crippen LogP contribution in [-0.4, -0.2) is 38.4 Å². The van der Waals surface area contributed by atoms with Gasteiger partial charge in [0, 0.05) is 17.6 Å². The lowest BCUT2D eigenvalue weighted by molar-refractivity contribution is -0.141. The van der Waals surface area contributed by atoms with Crippen molar-refractivity contribution >= 4 is 28.5 Å². The van der Waals surface area contributed by atoms with Crippen LogP contribution in [0.3, 0.4) is 0 Å². The molecule has 2 N–H and O–H groups in total. The number of rotatable bonds is 6. The first-order valence-electron chi connectivity index (χ1n) is 8.38. The van der Waals surface area contributed by atoms with Gasteiger partial charge in [-0.1, -0.05) is 6.07 Å². The highest BCUT2D eigenvalue weighted by molar-refractivity contribution is 6.05. The molecule has 29 heavy (non-hydrogen) atoms. The largest absolute Gasteiger partial charge is 0.492 e. The quantitative estimate of drug-likeness (QED) is 0.649. The molecule has 0 saturated carbocycles. The van der Waals surface area contributed by atoms with Crippen molar-refractivity contribution in [3.63, 3.8) is 0 Å². The zero-order valence-corrected chi connectivity index (χ0v) is 15.0. The molecule has 0 fully saturated rings. The molecule has 3 aromatic rings. The lowest BCUT2D eigenvalue weighted by Gasteiger charge is -2.12. The lowest BCUT2D eigenvalue weighted by Crippen LogP contribution is -2.17. The van der Waals surface area contributed by atoms with Crippen LogP contribution >= 0.6 is 0 Å². The molecule has 2 aromatic heterocycles.